The Morgan fingerprint density at radius 1 is 0.837 bits per heavy atom. The minimum atomic E-state index is -1.79. The lowest BCUT2D eigenvalue weighted by Gasteiger charge is -2.61. The first-order chi connectivity index (χ1) is 40.9. The fraction of sp³-hybridized carbons (Fsp3) is 0.609. The summed E-state index contributed by atoms with van der Waals surface area (Å²) in [5.74, 6) is 5.45. The second kappa shape index (κ2) is 29.6. The van der Waals surface area contributed by atoms with Crippen molar-refractivity contribution in [2.75, 3.05) is 40.5 Å². The number of aromatic nitrogens is 2. The molecule has 1 aliphatic heterocycles. The molecular weight excluding hydrogens is 1100 g/mol. The number of ether oxygens (including phenoxy) is 4. The molecule has 4 saturated carbocycles. The van der Waals surface area contributed by atoms with Crippen LogP contribution in [-0.4, -0.2) is 90.9 Å². The van der Waals surface area contributed by atoms with E-state index in [-0.39, 0.29) is 70.1 Å². The highest BCUT2D eigenvalue weighted by Gasteiger charge is 2.60. The van der Waals surface area contributed by atoms with Gasteiger partial charge >= 0.3 is 5.69 Å². The highest BCUT2D eigenvalue weighted by atomic mass is 31.2. The minimum absolute atomic E-state index is 0. The molecule has 0 bridgehead atoms. The van der Waals surface area contributed by atoms with Gasteiger partial charge in [0, 0.05) is 50.3 Å². The summed E-state index contributed by atoms with van der Waals surface area (Å²) in [4.78, 5) is 56.2. The molecule has 1 saturated heterocycles. The van der Waals surface area contributed by atoms with E-state index in [1.807, 2.05) is 78.9 Å². The number of nitriles is 1. The van der Waals surface area contributed by atoms with Crippen molar-refractivity contribution in [2.24, 2.45) is 46.3 Å². The number of carbonyl (C=O) groups is 2. The molecule has 9 rings (SSSR count). The van der Waals surface area contributed by atoms with Crippen molar-refractivity contribution in [1.82, 2.24) is 24.9 Å². The second-order valence-electron chi connectivity index (χ2n) is 25.7. The first kappa shape index (κ1) is 66.3. The number of H-pyrrole nitrogens is 1. The van der Waals surface area contributed by atoms with E-state index in [2.05, 4.69) is 74.8 Å². The topological polar surface area (TPSA) is 195 Å². The van der Waals surface area contributed by atoms with Crippen LogP contribution >= 0.6 is 8.53 Å². The van der Waals surface area contributed by atoms with E-state index in [4.69, 9.17) is 28.0 Å². The van der Waals surface area contributed by atoms with Gasteiger partial charge in [0.25, 0.3) is 14.1 Å². The van der Waals surface area contributed by atoms with Crippen LogP contribution in [0.2, 0.25) is 0 Å². The van der Waals surface area contributed by atoms with E-state index in [9.17, 15) is 24.4 Å². The number of methoxy groups -OCH3 is 2. The van der Waals surface area contributed by atoms with Crippen LogP contribution in [0.4, 0.5) is 0 Å². The zero-order chi connectivity index (χ0) is 60.5. The molecule has 17 heteroatoms. The van der Waals surface area contributed by atoms with Crippen LogP contribution in [0, 0.1) is 57.7 Å². The molecule has 16 nitrogen and oxygen atoms in total. The van der Waals surface area contributed by atoms with E-state index in [0.717, 1.165) is 46.8 Å². The molecular formula is C69H97N6O10P. The number of rotatable bonds is 26. The van der Waals surface area contributed by atoms with Gasteiger partial charge in [-0.15, -0.1) is 0 Å². The second-order valence-corrected chi connectivity index (χ2v) is 27.1. The van der Waals surface area contributed by atoms with Crippen LogP contribution in [0.25, 0.3) is 6.08 Å². The number of nitrogens with one attached hydrogen (secondary N) is 3. The number of fused-ring (bicyclic) bond motifs is 5. The van der Waals surface area contributed by atoms with Crippen LogP contribution in [0.3, 0.4) is 0 Å². The Morgan fingerprint density at radius 3 is 2.14 bits per heavy atom. The third-order valence-corrected chi connectivity index (χ3v) is 22.5. The van der Waals surface area contributed by atoms with Gasteiger partial charge in [-0.25, -0.2) is 9.46 Å². The van der Waals surface area contributed by atoms with Gasteiger partial charge < -0.3 is 38.6 Å². The van der Waals surface area contributed by atoms with Crippen molar-refractivity contribution < 1.29 is 37.6 Å². The van der Waals surface area contributed by atoms with Crippen molar-refractivity contribution in [3.63, 3.8) is 0 Å². The molecule has 468 valence electrons. The summed E-state index contributed by atoms with van der Waals surface area (Å²) in [6, 6.07) is 27.5. The Kier molecular flexibility index (Phi) is 22.8. The monoisotopic (exact) mass is 1200 g/mol. The fourth-order valence-corrected chi connectivity index (χ4v) is 17.9. The summed E-state index contributed by atoms with van der Waals surface area (Å²) < 4.78 is 42.2. The van der Waals surface area contributed by atoms with Crippen molar-refractivity contribution in [2.45, 2.75) is 182 Å². The van der Waals surface area contributed by atoms with Gasteiger partial charge in [0.15, 0.2) is 0 Å². The van der Waals surface area contributed by atoms with Crippen molar-refractivity contribution in [3.8, 4) is 17.6 Å². The van der Waals surface area contributed by atoms with E-state index >= 15 is 0 Å². The Bertz CT molecular complexity index is 3000. The number of carbonyl (C=O) groups excluding carboxylic acids is 2. The first-order valence-electron chi connectivity index (χ1n) is 31.4. The summed E-state index contributed by atoms with van der Waals surface area (Å²) >= 11 is 0. The molecule has 5 aliphatic rings. The zero-order valence-corrected chi connectivity index (χ0v) is 52.6. The number of amides is 2. The van der Waals surface area contributed by atoms with Gasteiger partial charge in [0.1, 0.15) is 29.4 Å². The Morgan fingerprint density at radius 2 is 1.49 bits per heavy atom. The number of aromatic amines is 1. The maximum absolute atomic E-state index is 13.9. The van der Waals surface area contributed by atoms with Gasteiger partial charge in [0.2, 0.25) is 11.8 Å². The van der Waals surface area contributed by atoms with Crippen molar-refractivity contribution in [3.05, 3.63) is 134 Å². The van der Waals surface area contributed by atoms with E-state index in [1.54, 1.807) is 14.2 Å². The number of benzene rings is 3. The molecule has 5 fully saturated rings. The van der Waals surface area contributed by atoms with Crippen molar-refractivity contribution >= 4 is 26.4 Å². The molecule has 3 aromatic carbocycles. The van der Waals surface area contributed by atoms with Gasteiger partial charge in [-0.3, -0.25) is 23.9 Å². The molecule has 3 N–H and O–H groups in total. The molecule has 4 aliphatic carbocycles. The molecule has 1 aromatic heterocycles. The maximum atomic E-state index is 13.9. The lowest BCUT2D eigenvalue weighted by molar-refractivity contribution is -0.122. The average Bonchev–Trinajstić information content (AvgIpc) is 1.39. The molecule has 2 amide bonds. The maximum Gasteiger partial charge on any atom is 0.330 e. The van der Waals surface area contributed by atoms with Gasteiger partial charge in [-0.1, -0.05) is 95.6 Å². The third kappa shape index (κ3) is 14.4. The lowest BCUT2D eigenvalue weighted by atomic mass is 9.44. The number of hydrogen-bond acceptors (Lipinski definition) is 12. The number of nitrogens with zero attached hydrogens (tertiary/aromatic N) is 3. The fourth-order valence-electron chi connectivity index (χ4n) is 16.2. The highest BCUT2D eigenvalue weighted by Crippen LogP contribution is 2.68. The van der Waals surface area contributed by atoms with Gasteiger partial charge in [-0.2, -0.15) is 5.26 Å². The third-order valence-electron chi connectivity index (χ3n) is 20.3. The predicted octanol–water partition coefficient (Wildman–Crippen LogP) is 12.9. The van der Waals surface area contributed by atoms with E-state index in [0.29, 0.717) is 40.6 Å². The van der Waals surface area contributed by atoms with E-state index in [1.165, 1.54) is 87.1 Å². The van der Waals surface area contributed by atoms with Crippen LogP contribution in [0.5, 0.6) is 11.5 Å². The van der Waals surface area contributed by atoms with Crippen LogP contribution in [0.1, 0.15) is 174 Å². The molecule has 0 radical (unpaired) electrons. The van der Waals surface area contributed by atoms with Crippen LogP contribution in [0.15, 0.2) is 101 Å². The SMILES string of the molecule is C.COc1ccc(C(OC[C@H]2O[C@@H](n3cc(/C=C/C(=O)NCCNC(=O)CC[C@@H](C)[C@H]4CC[C@H]5[C@@H]6CC[C@@H]7CCCC[C@]7(C)[C@H]6CC[C@]45C)c(=O)[nH]c3=O)C[C@H]2OP(OCCC#N)N(C(C)C)C(C)C)(c2ccccc2)c2ccc(OC)cc2)cc1. The summed E-state index contributed by atoms with van der Waals surface area (Å²) in [6.45, 7) is 16.4. The van der Waals surface area contributed by atoms with Crippen molar-refractivity contribution in [1.29, 1.82) is 5.26 Å². The Balaban J connectivity index is 0.00000961. The highest BCUT2D eigenvalue weighted by molar-refractivity contribution is 7.44. The van der Waals surface area contributed by atoms with Gasteiger partial charge in [0.05, 0.1) is 51.6 Å². The molecule has 2 heterocycles. The summed E-state index contributed by atoms with van der Waals surface area (Å²) in [6.07, 6.45) is 16.9. The molecule has 0 spiro atoms. The van der Waals surface area contributed by atoms with E-state index < -0.39 is 49.7 Å². The minimum Gasteiger partial charge on any atom is -0.497 e. The summed E-state index contributed by atoms with van der Waals surface area (Å²) in [5, 5.41) is 15.3. The average molecular weight is 1200 g/mol. The first-order valence-corrected chi connectivity index (χ1v) is 32.5. The zero-order valence-electron chi connectivity index (χ0n) is 51.7. The number of hydrogen-bond donors (Lipinski definition) is 3. The molecule has 86 heavy (non-hydrogen) atoms. The molecule has 4 aromatic rings. The quantitative estimate of drug-likeness (QED) is 0.0233. The largest absolute Gasteiger partial charge is 0.497 e. The summed E-state index contributed by atoms with van der Waals surface area (Å²) in [7, 11) is 1.45. The molecule has 12 atom stereocenters. The van der Waals surface area contributed by atoms with Crippen LogP contribution < -0.4 is 31.4 Å². The predicted molar refractivity (Wildman–Crippen MR) is 338 cm³/mol. The molecule has 1 unspecified atom stereocenters. The Hall–Kier alpha value is -5.66. The van der Waals surface area contributed by atoms with Crippen LogP contribution in [-0.2, 0) is 33.7 Å². The standard InChI is InChI=1S/C68H93N6O10P.CH4/c1-45(2)74(46(3)4)85(82-41-15-38-69)84-59-42-63(83-60(59)44-81-68(50-17-11-10-12-18-50,51-21-26-53(79-8)27-22-51)52-23-28-54(80-9)29-24-52)73-43-48(64(77)72-65(73)78)20-34-62(76)71-40-39-70-61(75)33-19-47(5)56-31-32-57-55-30-25-49-16-13-14-36-66(49,6)58(55)35-37-67(56,57)7;/h10-12,17-18,20-24,26-29,34,43,45-47,49,55-60,63H,13-16,19,25,30-33,35-37,39-42,44H2,1-9H3,(H,70,75)(H,71,76)(H,72,77,78);1H4/b34-20+;/t47-,49+,55+,56-,57+,58+,59-,60-,63-,66+,67-,85?;/m1./s1. The smallest absolute Gasteiger partial charge is 0.330 e. The normalized spacial score (nSPS) is 26.9. The Labute approximate surface area is 512 Å². The lowest BCUT2D eigenvalue weighted by Crippen LogP contribution is -2.53. The summed E-state index contributed by atoms with van der Waals surface area (Å²) in [5.41, 5.74) is 0.775. The van der Waals surface area contributed by atoms with Gasteiger partial charge in [-0.05, 0) is 179 Å².